The predicted octanol–water partition coefficient (Wildman–Crippen LogP) is 0.683. The van der Waals surface area contributed by atoms with Crippen LogP contribution in [0.2, 0.25) is 0 Å². The zero-order valence-corrected chi connectivity index (χ0v) is 10.6. The van der Waals surface area contributed by atoms with E-state index in [0.717, 1.165) is 12.8 Å². The van der Waals surface area contributed by atoms with Gasteiger partial charge in [-0.25, -0.2) is 0 Å². The number of carbonyl (C=O) groups excluding carboxylic acids is 1. The minimum absolute atomic E-state index is 0.0125. The summed E-state index contributed by atoms with van der Waals surface area (Å²) in [6.45, 7) is 4.77. The second-order valence-electron chi connectivity index (χ2n) is 4.97. The molecule has 0 aromatic carbocycles. The number of hydrogen-bond acceptors (Lipinski definition) is 3. The van der Waals surface area contributed by atoms with Gasteiger partial charge in [0.1, 0.15) is 0 Å². The zero-order chi connectivity index (χ0) is 13.0. The molecule has 0 bridgehead atoms. The van der Waals surface area contributed by atoms with Gasteiger partial charge in [-0.1, -0.05) is 20.3 Å². The highest BCUT2D eigenvalue weighted by Crippen LogP contribution is 2.23. The molecule has 0 aliphatic carbocycles. The second-order valence-corrected chi connectivity index (χ2v) is 4.97. The summed E-state index contributed by atoms with van der Waals surface area (Å²) in [6, 6.07) is -0.105. The maximum Gasteiger partial charge on any atom is 0.308 e. The van der Waals surface area contributed by atoms with Crippen LogP contribution in [0.4, 0.5) is 0 Å². The Morgan fingerprint density at radius 3 is 2.59 bits per heavy atom. The van der Waals surface area contributed by atoms with Gasteiger partial charge in [0.05, 0.1) is 5.92 Å². The summed E-state index contributed by atoms with van der Waals surface area (Å²) in [6.07, 6.45) is 2.12. The molecule has 1 unspecified atom stereocenters. The Balaban J connectivity index is 2.47. The third kappa shape index (κ3) is 3.70. The molecule has 3 N–H and O–H groups in total. The fourth-order valence-corrected chi connectivity index (χ4v) is 2.32. The monoisotopic (exact) mass is 242 g/mol. The normalized spacial score (nSPS) is 25.9. The van der Waals surface area contributed by atoms with Gasteiger partial charge >= 0.3 is 5.97 Å². The molecule has 0 spiro atoms. The van der Waals surface area contributed by atoms with Crippen molar-refractivity contribution in [3.63, 3.8) is 0 Å². The maximum atomic E-state index is 11.9. The van der Waals surface area contributed by atoms with E-state index in [0.29, 0.717) is 19.5 Å². The summed E-state index contributed by atoms with van der Waals surface area (Å²) < 4.78 is 0. The lowest BCUT2D eigenvalue weighted by atomic mass is 9.99. The van der Waals surface area contributed by atoms with Gasteiger partial charge in [0.25, 0.3) is 0 Å². The van der Waals surface area contributed by atoms with Gasteiger partial charge in [-0.15, -0.1) is 0 Å². The first kappa shape index (κ1) is 14.0. The molecule has 1 aliphatic rings. The molecule has 1 rings (SSSR count). The number of hydrogen-bond donors (Lipinski definition) is 2. The van der Waals surface area contributed by atoms with E-state index in [4.69, 9.17) is 10.8 Å². The summed E-state index contributed by atoms with van der Waals surface area (Å²) in [7, 11) is 0. The maximum absolute atomic E-state index is 11.9. The molecule has 5 nitrogen and oxygen atoms in total. The van der Waals surface area contributed by atoms with Crippen molar-refractivity contribution in [1.82, 2.24) is 4.90 Å². The van der Waals surface area contributed by atoms with Crippen molar-refractivity contribution >= 4 is 11.9 Å². The van der Waals surface area contributed by atoms with Crippen LogP contribution < -0.4 is 5.73 Å². The minimum Gasteiger partial charge on any atom is -0.481 e. The molecule has 5 heteroatoms. The van der Waals surface area contributed by atoms with Crippen molar-refractivity contribution in [2.45, 2.75) is 39.2 Å². The summed E-state index contributed by atoms with van der Waals surface area (Å²) in [5.74, 6) is -1.23. The molecule has 1 amide bonds. The number of aliphatic carboxylic acids is 1. The molecule has 1 saturated heterocycles. The molecule has 1 fully saturated rings. The van der Waals surface area contributed by atoms with Gasteiger partial charge in [-0.05, 0) is 12.3 Å². The van der Waals surface area contributed by atoms with Crippen LogP contribution in [0.3, 0.4) is 0 Å². The van der Waals surface area contributed by atoms with E-state index in [1.807, 2.05) is 13.8 Å². The van der Waals surface area contributed by atoms with Crippen LogP contribution in [0.1, 0.15) is 33.1 Å². The number of amides is 1. The number of carboxylic acids is 1. The third-order valence-electron chi connectivity index (χ3n) is 3.38. The lowest BCUT2D eigenvalue weighted by Crippen LogP contribution is -2.35. The molecule has 17 heavy (non-hydrogen) atoms. The van der Waals surface area contributed by atoms with E-state index in [1.165, 1.54) is 0 Å². The van der Waals surface area contributed by atoms with Gasteiger partial charge in [-0.3, -0.25) is 9.59 Å². The third-order valence-corrected chi connectivity index (χ3v) is 3.38. The molecule has 0 radical (unpaired) electrons. The standard InChI is InChI=1S/C12H22N2O3/c1-3-4-9(13)5-11(15)14-6-8(2)10(7-14)12(16)17/h8-10H,3-7,13H2,1-2H3,(H,16,17)/t8-,9?,10-/m1/s1. The van der Waals surface area contributed by atoms with Crippen molar-refractivity contribution < 1.29 is 14.7 Å². The zero-order valence-electron chi connectivity index (χ0n) is 10.6. The quantitative estimate of drug-likeness (QED) is 0.742. The predicted molar refractivity (Wildman–Crippen MR) is 64.4 cm³/mol. The molecule has 98 valence electrons. The molecular weight excluding hydrogens is 220 g/mol. The first-order chi connectivity index (χ1) is 7.95. The van der Waals surface area contributed by atoms with E-state index in [-0.39, 0.29) is 17.9 Å². The summed E-state index contributed by atoms with van der Waals surface area (Å²) in [5, 5.41) is 8.99. The Morgan fingerprint density at radius 2 is 2.12 bits per heavy atom. The average molecular weight is 242 g/mol. The minimum atomic E-state index is -0.814. The van der Waals surface area contributed by atoms with Crippen molar-refractivity contribution in [2.75, 3.05) is 13.1 Å². The van der Waals surface area contributed by atoms with Crippen LogP contribution in [0, 0.1) is 11.8 Å². The largest absolute Gasteiger partial charge is 0.481 e. The van der Waals surface area contributed by atoms with E-state index in [1.54, 1.807) is 4.90 Å². The number of nitrogens with two attached hydrogens (primary N) is 1. The summed E-state index contributed by atoms with van der Waals surface area (Å²) in [5.41, 5.74) is 5.82. The van der Waals surface area contributed by atoms with Crippen LogP contribution in [0.15, 0.2) is 0 Å². The van der Waals surface area contributed by atoms with Gasteiger partial charge in [0.2, 0.25) is 5.91 Å². The van der Waals surface area contributed by atoms with Gasteiger partial charge in [-0.2, -0.15) is 0 Å². The van der Waals surface area contributed by atoms with E-state index in [2.05, 4.69) is 0 Å². The first-order valence-corrected chi connectivity index (χ1v) is 6.21. The van der Waals surface area contributed by atoms with Crippen molar-refractivity contribution in [3.05, 3.63) is 0 Å². The number of rotatable bonds is 5. The Hall–Kier alpha value is -1.10. The number of carbonyl (C=O) groups is 2. The highest BCUT2D eigenvalue weighted by atomic mass is 16.4. The van der Waals surface area contributed by atoms with E-state index < -0.39 is 11.9 Å². The highest BCUT2D eigenvalue weighted by Gasteiger charge is 2.36. The van der Waals surface area contributed by atoms with E-state index >= 15 is 0 Å². The van der Waals surface area contributed by atoms with Crippen LogP contribution in [0.25, 0.3) is 0 Å². The lowest BCUT2D eigenvalue weighted by molar-refractivity contribution is -0.142. The fourth-order valence-electron chi connectivity index (χ4n) is 2.32. The Labute approximate surface area is 102 Å². The first-order valence-electron chi connectivity index (χ1n) is 6.21. The summed E-state index contributed by atoms with van der Waals surface area (Å²) in [4.78, 5) is 24.5. The Morgan fingerprint density at radius 1 is 1.47 bits per heavy atom. The average Bonchev–Trinajstić information content (AvgIpc) is 2.60. The molecule has 1 heterocycles. The van der Waals surface area contributed by atoms with Crippen molar-refractivity contribution in [3.8, 4) is 0 Å². The molecule has 0 saturated carbocycles. The highest BCUT2D eigenvalue weighted by molar-refractivity contribution is 5.79. The molecule has 1 aliphatic heterocycles. The molecule has 0 aromatic rings. The fraction of sp³-hybridized carbons (Fsp3) is 0.833. The van der Waals surface area contributed by atoms with Crippen LogP contribution >= 0.6 is 0 Å². The lowest BCUT2D eigenvalue weighted by Gasteiger charge is -2.18. The molecule has 3 atom stereocenters. The SMILES string of the molecule is CCCC(N)CC(=O)N1C[C@@H](C)[C@H](C(=O)O)C1. The van der Waals surface area contributed by atoms with Gasteiger partial charge in [0, 0.05) is 25.6 Å². The van der Waals surface area contributed by atoms with Crippen molar-refractivity contribution in [2.24, 2.45) is 17.6 Å². The van der Waals surface area contributed by atoms with Gasteiger partial charge in [0.15, 0.2) is 0 Å². The molecular formula is C12H22N2O3. The topological polar surface area (TPSA) is 83.6 Å². The number of carboxylic acid groups (broad SMARTS) is 1. The van der Waals surface area contributed by atoms with Crippen LogP contribution in [-0.2, 0) is 9.59 Å². The number of nitrogens with zero attached hydrogens (tertiary/aromatic N) is 1. The van der Waals surface area contributed by atoms with Crippen LogP contribution in [0.5, 0.6) is 0 Å². The summed E-state index contributed by atoms with van der Waals surface area (Å²) >= 11 is 0. The smallest absolute Gasteiger partial charge is 0.308 e. The number of likely N-dealkylation sites (tertiary alicyclic amines) is 1. The Bertz CT molecular complexity index is 293. The van der Waals surface area contributed by atoms with Crippen LogP contribution in [-0.4, -0.2) is 41.0 Å². The Kier molecular flexibility index (Phi) is 4.93. The van der Waals surface area contributed by atoms with Gasteiger partial charge < -0.3 is 15.7 Å². The molecule has 0 aromatic heterocycles. The second kappa shape index (κ2) is 6.00. The van der Waals surface area contributed by atoms with Crippen molar-refractivity contribution in [1.29, 1.82) is 0 Å². The van der Waals surface area contributed by atoms with E-state index in [9.17, 15) is 9.59 Å².